The van der Waals surface area contributed by atoms with Gasteiger partial charge < -0.3 is 9.64 Å². The highest BCUT2D eigenvalue weighted by Crippen LogP contribution is 2.25. The van der Waals surface area contributed by atoms with Crippen molar-refractivity contribution in [3.63, 3.8) is 0 Å². The van der Waals surface area contributed by atoms with Gasteiger partial charge in [0.05, 0.1) is 23.8 Å². The lowest BCUT2D eigenvalue weighted by Gasteiger charge is -2.33. The molecule has 1 fully saturated rings. The third-order valence-electron chi connectivity index (χ3n) is 4.36. The molecule has 1 atom stereocenters. The van der Waals surface area contributed by atoms with Crippen LogP contribution < -0.4 is 0 Å². The lowest BCUT2D eigenvalue weighted by atomic mass is 10.1. The van der Waals surface area contributed by atoms with Gasteiger partial charge in [0.2, 0.25) is 5.91 Å². The molecule has 1 saturated heterocycles. The van der Waals surface area contributed by atoms with E-state index in [1.165, 1.54) is 18.2 Å². The van der Waals surface area contributed by atoms with E-state index in [1.807, 2.05) is 0 Å². The Labute approximate surface area is 152 Å². The Morgan fingerprint density at radius 2 is 1.81 bits per heavy atom. The molecule has 2 aromatic carbocycles. The zero-order valence-electron chi connectivity index (χ0n) is 14.2. The summed E-state index contributed by atoms with van der Waals surface area (Å²) in [5.41, 5.74) is 0.405. The van der Waals surface area contributed by atoms with E-state index in [4.69, 9.17) is 4.74 Å². The summed E-state index contributed by atoms with van der Waals surface area (Å²) in [5.74, 6) is -0.898. The van der Waals surface area contributed by atoms with Crippen LogP contribution in [0.5, 0.6) is 0 Å². The molecule has 3 rings (SSSR count). The van der Waals surface area contributed by atoms with Crippen LogP contribution in [0, 0.1) is 5.82 Å². The van der Waals surface area contributed by atoms with Crippen LogP contribution in [0.3, 0.4) is 0 Å². The molecule has 1 aliphatic rings. The molecule has 1 aliphatic heterocycles. The molecule has 0 aromatic heterocycles. The third kappa shape index (κ3) is 4.28. The lowest BCUT2D eigenvalue weighted by molar-refractivity contribution is -0.138. The number of hydrogen-bond donors (Lipinski definition) is 0. The van der Waals surface area contributed by atoms with Crippen molar-refractivity contribution in [2.75, 3.05) is 25.4 Å². The van der Waals surface area contributed by atoms with Gasteiger partial charge in [-0.2, -0.15) is 0 Å². The molecule has 1 heterocycles. The molecule has 26 heavy (non-hydrogen) atoms. The summed E-state index contributed by atoms with van der Waals surface area (Å²) in [5, 5.41) is 0. The first kappa shape index (κ1) is 18.5. The van der Waals surface area contributed by atoms with E-state index in [0.717, 1.165) is 0 Å². The summed E-state index contributed by atoms with van der Waals surface area (Å²) >= 11 is 0. The molecular weight excluding hydrogens is 357 g/mol. The average Bonchev–Trinajstić information content (AvgIpc) is 2.67. The molecule has 0 aliphatic carbocycles. The van der Waals surface area contributed by atoms with Crippen LogP contribution in [0.25, 0.3) is 0 Å². The van der Waals surface area contributed by atoms with Gasteiger partial charge in [-0.15, -0.1) is 0 Å². The average molecular weight is 377 g/mol. The van der Waals surface area contributed by atoms with Crippen LogP contribution in [0.2, 0.25) is 0 Å². The molecule has 2 aromatic rings. The van der Waals surface area contributed by atoms with Crippen LogP contribution in [0.1, 0.15) is 18.1 Å². The number of hydrogen-bond acceptors (Lipinski definition) is 4. The summed E-state index contributed by atoms with van der Waals surface area (Å²) in [4.78, 5) is 14.2. The fraction of sp³-hybridized carbons (Fsp3) is 0.316. The zero-order chi connectivity index (χ0) is 18.6. The second-order valence-corrected chi connectivity index (χ2v) is 8.21. The first-order valence-corrected chi connectivity index (χ1v) is 10.0. The van der Waals surface area contributed by atoms with E-state index in [0.29, 0.717) is 12.1 Å². The Kier molecular flexibility index (Phi) is 5.68. The highest BCUT2D eigenvalue weighted by Gasteiger charge is 2.28. The Morgan fingerprint density at radius 3 is 2.54 bits per heavy atom. The fourth-order valence-corrected chi connectivity index (χ4v) is 4.18. The van der Waals surface area contributed by atoms with E-state index in [1.54, 1.807) is 41.3 Å². The van der Waals surface area contributed by atoms with Gasteiger partial charge in [-0.05, 0) is 18.2 Å². The largest absolute Gasteiger partial charge is 0.370 e. The Hall–Kier alpha value is -2.25. The predicted octanol–water partition coefficient (Wildman–Crippen LogP) is 2.59. The molecule has 0 N–H and O–H groups in total. The van der Waals surface area contributed by atoms with Crippen molar-refractivity contribution >= 4 is 15.7 Å². The SMILES string of the molecule is O=C(CCS(=O)(=O)c1ccccc1)N1CCOC(c2ccccc2F)C1. The summed E-state index contributed by atoms with van der Waals surface area (Å²) in [7, 11) is -3.51. The van der Waals surface area contributed by atoms with E-state index < -0.39 is 15.9 Å². The van der Waals surface area contributed by atoms with Crippen molar-refractivity contribution in [3.05, 3.63) is 66.0 Å². The minimum absolute atomic E-state index is 0.110. The monoisotopic (exact) mass is 377 g/mol. The Morgan fingerprint density at radius 1 is 1.12 bits per heavy atom. The van der Waals surface area contributed by atoms with Gasteiger partial charge >= 0.3 is 0 Å². The summed E-state index contributed by atoms with van der Waals surface area (Å²) in [6.07, 6.45) is -0.652. The van der Waals surface area contributed by atoms with Crippen molar-refractivity contribution in [1.29, 1.82) is 0 Å². The van der Waals surface area contributed by atoms with Crippen LogP contribution in [-0.2, 0) is 19.4 Å². The maximum absolute atomic E-state index is 13.9. The maximum Gasteiger partial charge on any atom is 0.223 e. The normalized spacial score (nSPS) is 17.9. The quantitative estimate of drug-likeness (QED) is 0.803. The minimum Gasteiger partial charge on any atom is -0.370 e. The van der Waals surface area contributed by atoms with Gasteiger partial charge in [-0.25, -0.2) is 12.8 Å². The van der Waals surface area contributed by atoms with Crippen molar-refractivity contribution < 1.29 is 22.3 Å². The lowest BCUT2D eigenvalue weighted by Crippen LogP contribution is -2.42. The van der Waals surface area contributed by atoms with Crippen molar-refractivity contribution in [3.8, 4) is 0 Å². The maximum atomic E-state index is 13.9. The predicted molar refractivity (Wildman–Crippen MR) is 94.8 cm³/mol. The van der Waals surface area contributed by atoms with E-state index in [9.17, 15) is 17.6 Å². The fourth-order valence-electron chi connectivity index (χ4n) is 2.93. The Balaban J connectivity index is 1.62. The van der Waals surface area contributed by atoms with Crippen LogP contribution >= 0.6 is 0 Å². The van der Waals surface area contributed by atoms with E-state index >= 15 is 0 Å². The number of halogens is 1. The van der Waals surface area contributed by atoms with Gasteiger partial charge in [-0.1, -0.05) is 36.4 Å². The molecule has 0 bridgehead atoms. The molecule has 0 radical (unpaired) electrons. The number of morpholine rings is 1. The van der Waals surface area contributed by atoms with Crippen molar-refractivity contribution in [1.82, 2.24) is 4.90 Å². The smallest absolute Gasteiger partial charge is 0.223 e. The summed E-state index contributed by atoms with van der Waals surface area (Å²) in [6.45, 7) is 0.872. The highest BCUT2D eigenvalue weighted by atomic mass is 32.2. The second kappa shape index (κ2) is 7.97. The first-order chi connectivity index (χ1) is 12.5. The van der Waals surface area contributed by atoms with Crippen LogP contribution in [-0.4, -0.2) is 44.7 Å². The van der Waals surface area contributed by atoms with Gasteiger partial charge in [0.25, 0.3) is 0 Å². The standard InChI is InChI=1S/C19H20FNO4S/c20-17-9-5-4-8-16(17)18-14-21(11-12-25-18)19(22)10-13-26(23,24)15-6-2-1-3-7-15/h1-9,18H,10-14H2. The van der Waals surface area contributed by atoms with Crippen LogP contribution in [0.4, 0.5) is 4.39 Å². The summed E-state index contributed by atoms with van der Waals surface area (Å²) < 4.78 is 44.1. The number of ether oxygens (including phenoxy) is 1. The molecule has 0 saturated carbocycles. The first-order valence-electron chi connectivity index (χ1n) is 8.39. The number of benzene rings is 2. The molecule has 0 spiro atoms. The number of sulfone groups is 1. The number of carbonyl (C=O) groups excluding carboxylic acids is 1. The zero-order valence-corrected chi connectivity index (χ0v) is 15.0. The van der Waals surface area contributed by atoms with E-state index in [-0.39, 0.29) is 41.9 Å². The van der Waals surface area contributed by atoms with Gasteiger partial charge in [0, 0.05) is 18.5 Å². The summed E-state index contributed by atoms with van der Waals surface area (Å²) in [6, 6.07) is 14.4. The van der Waals surface area contributed by atoms with Crippen molar-refractivity contribution in [2.24, 2.45) is 0 Å². The molecule has 5 nitrogen and oxygen atoms in total. The topological polar surface area (TPSA) is 63.7 Å². The molecule has 138 valence electrons. The van der Waals surface area contributed by atoms with Crippen LogP contribution in [0.15, 0.2) is 59.5 Å². The molecular formula is C19H20FNO4S. The third-order valence-corrected chi connectivity index (χ3v) is 6.09. The molecule has 1 amide bonds. The number of amides is 1. The molecule has 1 unspecified atom stereocenters. The second-order valence-electron chi connectivity index (χ2n) is 6.10. The van der Waals surface area contributed by atoms with Crippen molar-refractivity contribution in [2.45, 2.75) is 17.4 Å². The van der Waals surface area contributed by atoms with Gasteiger partial charge in [0.1, 0.15) is 11.9 Å². The van der Waals surface area contributed by atoms with Gasteiger partial charge in [-0.3, -0.25) is 4.79 Å². The Bertz CT molecular complexity index is 870. The number of nitrogens with zero attached hydrogens (tertiary/aromatic N) is 1. The number of rotatable bonds is 5. The molecule has 7 heteroatoms. The number of carbonyl (C=O) groups is 1. The van der Waals surface area contributed by atoms with Gasteiger partial charge in [0.15, 0.2) is 9.84 Å². The van der Waals surface area contributed by atoms with E-state index in [2.05, 4.69) is 0 Å². The minimum atomic E-state index is -3.51. The highest BCUT2D eigenvalue weighted by molar-refractivity contribution is 7.91.